The number of thioether (sulfide) groups is 1. The van der Waals surface area contributed by atoms with Crippen LogP contribution in [0.3, 0.4) is 0 Å². The lowest BCUT2D eigenvalue weighted by Crippen LogP contribution is -2.39. The number of carbonyl (C=O) groups is 1. The fourth-order valence-corrected chi connectivity index (χ4v) is 4.69. The van der Waals surface area contributed by atoms with Crippen LogP contribution in [0.4, 0.5) is 0 Å². The Morgan fingerprint density at radius 1 is 1.43 bits per heavy atom. The minimum absolute atomic E-state index is 0.127. The molecule has 1 aromatic rings. The van der Waals surface area contributed by atoms with Crippen molar-refractivity contribution in [2.45, 2.75) is 50.4 Å². The first-order valence-electron chi connectivity index (χ1n) is 8.03. The maximum Gasteiger partial charge on any atom is 0.251 e. The maximum absolute atomic E-state index is 12.7. The molecule has 1 saturated carbocycles. The van der Waals surface area contributed by atoms with Crippen LogP contribution in [0.15, 0.2) is 18.2 Å². The third-order valence-corrected chi connectivity index (χ3v) is 5.86. The van der Waals surface area contributed by atoms with E-state index in [-0.39, 0.29) is 5.91 Å². The van der Waals surface area contributed by atoms with E-state index >= 15 is 0 Å². The lowest BCUT2D eigenvalue weighted by atomic mass is 9.95. The van der Waals surface area contributed by atoms with Gasteiger partial charge in [-0.15, -0.1) is 0 Å². The molecule has 2 atom stereocenters. The molecule has 114 valence electrons. The largest absolute Gasteiger partial charge is 0.348 e. The first-order chi connectivity index (χ1) is 10.3. The molecule has 1 amide bonds. The third-order valence-electron chi connectivity index (χ3n) is 4.53. The summed E-state index contributed by atoms with van der Waals surface area (Å²) in [6.07, 6.45) is 4.55. The highest BCUT2D eigenvalue weighted by atomic mass is 32.2. The van der Waals surface area contributed by atoms with Gasteiger partial charge in [-0.25, -0.2) is 0 Å². The normalized spacial score (nSPS) is 24.6. The van der Waals surface area contributed by atoms with Gasteiger partial charge < -0.3 is 10.6 Å². The minimum atomic E-state index is 0.127. The summed E-state index contributed by atoms with van der Waals surface area (Å²) in [5.41, 5.74) is 3.41. The second-order valence-corrected chi connectivity index (χ2v) is 7.39. The molecule has 3 rings (SSSR count). The summed E-state index contributed by atoms with van der Waals surface area (Å²) < 4.78 is 0. The molecule has 4 heteroatoms. The molecule has 1 aliphatic carbocycles. The molecule has 1 aliphatic heterocycles. The summed E-state index contributed by atoms with van der Waals surface area (Å²) in [5, 5.41) is 7.27. The zero-order valence-electron chi connectivity index (χ0n) is 12.7. The summed E-state index contributed by atoms with van der Waals surface area (Å²) in [7, 11) is 0. The Balaban J connectivity index is 1.74. The molecule has 0 spiro atoms. The smallest absolute Gasteiger partial charge is 0.251 e. The highest BCUT2D eigenvalue weighted by Gasteiger charge is 2.29. The van der Waals surface area contributed by atoms with E-state index in [1.54, 1.807) is 0 Å². The average molecular weight is 304 g/mol. The highest BCUT2D eigenvalue weighted by molar-refractivity contribution is 7.99. The van der Waals surface area contributed by atoms with Crippen molar-refractivity contribution in [1.82, 2.24) is 10.6 Å². The van der Waals surface area contributed by atoms with Gasteiger partial charge in [0, 0.05) is 23.4 Å². The molecular formula is C17H24N2OS. The molecular weight excluding hydrogens is 280 g/mol. The van der Waals surface area contributed by atoms with Crippen LogP contribution < -0.4 is 10.6 Å². The molecule has 2 N–H and O–H groups in total. The fourth-order valence-electron chi connectivity index (χ4n) is 3.50. The molecule has 0 radical (unpaired) electrons. The number of hydrogen-bond donors (Lipinski definition) is 2. The topological polar surface area (TPSA) is 41.1 Å². The Morgan fingerprint density at radius 2 is 2.33 bits per heavy atom. The lowest BCUT2D eigenvalue weighted by Gasteiger charge is -2.23. The van der Waals surface area contributed by atoms with Gasteiger partial charge in [-0.3, -0.25) is 4.79 Å². The van der Waals surface area contributed by atoms with Crippen molar-refractivity contribution in [3.8, 4) is 0 Å². The predicted molar refractivity (Wildman–Crippen MR) is 88.9 cm³/mol. The van der Waals surface area contributed by atoms with E-state index in [0.29, 0.717) is 11.3 Å². The van der Waals surface area contributed by atoms with Crippen molar-refractivity contribution in [2.24, 2.45) is 0 Å². The van der Waals surface area contributed by atoms with Crippen molar-refractivity contribution in [3.05, 3.63) is 34.9 Å². The first-order valence-corrected chi connectivity index (χ1v) is 9.08. The molecule has 2 unspecified atom stereocenters. The van der Waals surface area contributed by atoms with Crippen LogP contribution in [-0.2, 0) is 13.0 Å². The van der Waals surface area contributed by atoms with E-state index < -0.39 is 0 Å². The van der Waals surface area contributed by atoms with Crippen molar-refractivity contribution in [1.29, 1.82) is 0 Å². The van der Waals surface area contributed by atoms with Crippen molar-refractivity contribution < 1.29 is 4.79 Å². The maximum atomic E-state index is 12.7. The molecule has 0 bridgehead atoms. The third kappa shape index (κ3) is 3.27. The minimum Gasteiger partial charge on any atom is -0.348 e. The lowest BCUT2D eigenvalue weighted by molar-refractivity contribution is 0.0937. The molecule has 2 aliphatic rings. The van der Waals surface area contributed by atoms with E-state index in [2.05, 4.69) is 23.6 Å². The van der Waals surface area contributed by atoms with E-state index in [0.717, 1.165) is 37.2 Å². The Kier molecular flexibility index (Phi) is 4.86. The zero-order chi connectivity index (χ0) is 14.7. The van der Waals surface area contributed by atoms with Crippen LogP contribution in [0.5, 0.6) is 0 Å². The summed E-state index contributed by atoms with van der Waals surface area (Å²) in [6, 6.07) is 6.47. The van der Waals surface area contributed by atoms with E-state index in [1.807, 2.05) is 23.9 Å². The number of amides is 1. The molecule has 0 saturated heterocycles. The molecule has 3 nitrogen and oxygen atoms in total. The summed E-state index contributed by atoms with van der Waals surface area (Å²) in [5.74, 6) is 1.26. The second kappa shape index (κ2) is 6.84. The average Bonchev–Trinajstić information content (AvgIpc) is 2.94. The van der Waals surface area contributed by atoms with Gasteiger partial charge in [0.2, 0.25) is 0 Å². The van der Waals surface area contributed by atoms with E-state index in [4.69, 9.17) is 0 Å². The van der Waals surface area contributed by atoms with Gasteiger partial charge >= 0.3 is 0 Å². The zero-order valence-corrected chi connectivity index (χ0v) is 13.5. The van der Waals surface area contributed by atoms with Gasteiger partial charge in [0.1, 0.15) is 0 Å². The number of carbonyl (C=O) groups excluding carboxylic acids is 1. The molecule has 21 heavy (non-hydrogen) atoms. The highest BCUT2D eigenvalue weighted by Crippen LogP contribution is 2.30. The van der Waals surface area contributed by atoms with Crippen molar-refractivity contribution in [3.63, 3.8) is 0 Å². The van der Waals surface area contributed by atoms with Gasteiger partial charge in [0.25, 0.3) is 5.91 Å². The van der Waals surface area contributed by atoms with Crippen LogP contribution in [0, 0.1) is 0 Å². The van der Waals surface area contributed by atoms with Gasteiger partial charge in [-0.05, 0) is 48.8 Å². The van der Waals surface area contributed by atoms with Gasteiger partial charge in [-0.2, -0.15) is 11.8 Å². The van der Waals surface area contributed by atoms with E-state index in [9.17, 15) is 4.79 Å². The van der Waals surface area contributed by atoms with Crippen LogP contribution in [-0.4, -0.2) is 29.5 Å². The Hall–Kier alpha value is -1.00. The quantitative estimate of drug-likeness (QED) is 0.898. The number of fused-ring (bicyclic) bond motifs is 1. The van der Waals surface area contributed by atoms with Crippen molar-refractivity contribution >= 4 is 17.7 Å². The van der Waals surface area contributed by atoms with E-state index in [1.165, 1.54) is 24.0 Å². The number of benzene rings is 1. The Labute approximate surface area is 131 Å². The summed E-state index contributed by atoms with van der Waals surface area (Å²) in [4.78, 5) is 12.7. The first kappa shape index (κ1) is 14.9. The molecule has 1 aromatic carbocycles. The van der Waals surface area contributed by atoms with Crippen molar-refractivity contribution in [2.75, 3.05) is 12.3 Å². The SMILES string of the molecule is CCSC1CCCC1NC(=O)c1cccc2c1CCNC2. The van der Waals surface area contributed by atoms with Crippen LogP contribution >= 0.6 is 11.8 Å². The van der Waals surface area contributed by atoms with Crippen LogP contribution in [0.25, 0.3) is 0 Å². The Bertz CT molecular complexity index is 518. The van der Waals surface area contributed by atoms with Gasteiger partial charge in [0.05, 0.1) is 0 Å². The summed E-state index contributed by atoms with van der Waals surface area (Å²) in [6.45, 7) is 4.05. The monoisotopic (exact) mass is 304 g/mol. The van der Waals surface area contributed by atoms with Crippen LogP contribution in [0.2, 0.25) is 0 Å². The summed E-state index contributed by atoms with van der Waals surface area (Å²) >= 11 is 1.99. The Morgan fingerprint density at radius 3 is 3.19 bits per heavy atom. The molecule has 0 aromatic heterocycles. The molecule has 1 fully saturated rings. The van der Waals surface area contributed by atoms with Gasteiger partial charge in [0.15, 0.2) is 0 Å². The van der Waals surface area contributed by atoms with Gasteiger partial charge in [-0.1, -0.05) is 25.5 Å². The van der Waals surface area contributed by atoms with Crippen LogP contribution in [0.1, 0.15) is 47.7 Å². The fraction of sp³-hybridized carbons (Fsp3) is 0.588. The number of hydrogen-bond acceptors (Lipinski definition) is 3. The number of nitrogens with one attached hydrogen (secondary N) is 2. The second-order valence-electron chi connectivity index (χ2n) is 5.87. The number of rotatable bonds is 4. The predicted octanol–water partition coefficient (Wildman–Crippen LogP) is 2.74. The standard InChI is InChI=1S/C17H24N2OS/c1-2-21-16-8-4-7-15(16)19-17(20)14-6-3-5-12-11-18-10-9-13(12)14/h3,5-6,15-16,18H,2,4,7-11H2,1H3,(H,19,20). The molecule has 1 heterocycles.